The zero-order valence-electron chi connectivity index (χ0n) is 20.7. The van der Waals surface area contributed by atoms with Crippen LogP contribution in [-0.4, -0.2) is 0 Å². The summed E-state index contributed by atoms with van der Waals surface area (Å²) in [5, 5.41) is 0. The van der Waals surface area contributed by atoms with Crippen LogP contribution in [0.4, 0.5) is 0 Å². The maximum absolute atomic E-state index is 3.72. The van der Waals surface area contributed by atoms with E-state index in [9.17, 15) is 0 Å². The summed E-state index contributed by atoms with van der Waals surface area (Å²) in [6.45, 7) is 11.2. The van der Waals surface area contributed by atoms with Gasteiger partial charge in [0.25, 0.3) is 0 Å². The summed E-state index contributed by atoms with van der Waals surface area (Å²) in [6.07, 6.45) is 10.0. The van der Waals surface area contributed by atoms with E-state index >= 15 is 0 Å². The van der Waals surface area contributed by atoms with Crippen molar-refractivity contribution >= 4 is 0 Å². The fraction of sp³-hybridized carbons (Fsp3) is 0.0323. The first-order valence-corrected chi connectivity index (χ1v) is 8.51. The molecule has 3 aromatic carbocycles. The second kappa shape index (κ2) is 30.8. The molecule has 0 unspecified atom stereocenters. The Kier molecular flexibility index (Phi) is 41.9. The monoisotopic (exact) mass is 593 g/mol. The van der Waals surface area contributed by atoms with Crippen molar-refractivity contribution in [2.45, 2.75) is 6.42 Å². The van der Waals surface area contributed by atoms with Crippen LogP contribution in [-0.2, 0) is 25.8 Å². The summed E-state index contributed by atoms with van der Waals surface area (Å²) in [5.74, 6) is 0. The van der Waals surface area contributed by atoms with Crippen molar-refractivity contribution in [3.05, 3.63) is 190 Å². The maximum Gasteiger partial charge on any atom is 0 e. The SMILES string of the molecule is [C-]1=CC=CC1.[CH2-]c1ccccc1.[CH2-]c1ccccc1.[CH2-]c1ccccc1.[CH3-].[CH3-].[CH3-].[CH3-].[CH3-].[Hf]. The Morgan fingerprint density at radius 3 is 0.875 bits per heavy atom. The summed E-state index contributed by atoms with van der Waals surface area (Å²) >= 11 is 0. The number of allylic oxidation sites excluding steroid dienone is 4. The molecule has 178 valence electrons. The third-order valence-corrected chi connectivity index (χ3v) is 3.11. The molecule has 1 aliphatic rings. The molecule has 0 aliphatic heterocycles. The van der Waals surface area contributed by atoms with Gasteiger partial charge >= 0.3 is 0 Å². The van der Waals surface area contributed by atoms with Crippen LogP contribution in [0.15, 0.2) is 109 Å². The first-order valence-electron chi connectivity index (χ1n) is 8.51. The first-order chi connectivity index (χ1) is 12.7. The smallest absolute Gasteiger partial charge is 0 e. The maximum atomic E-state index is 3.72. The summed E-state index contributed by atoms with van der Waals surface area (Å²) in [4.78, 5) is 0. The van der Waals surface area contributed by atoms with Crippen molar-refractivity contribution in [3.8, 4) is 0 Å². The Bertz CT molecular complexity index is 630. The van der Waals surface area contributed by atoms with Crippen molar-refractivity contribution < 1.29 is 25.8 Å². The van der Waals surface area contributed by atoms with E-state index in [1.165, 1.54) is 0 Å². The van der Waals surface area contributed by atoms with Gasteiger partial charge in [0.1, 0.15) is 0 Å². The molecular weight excluding hydrogens is 551 g/mol. The summed E-state index contributed by atoms with van der Waals surface area (Å²) in [6, 6.07) is 29.6. The van der Waals surface area contributed by atoms with Crippen LogP contribution in [0.25, 0.3) is 0 Å². The molecule has 0 radical (unpaired) electrons. The second-order valence-corrected chi connectivity index (χ2v) is 5.46. The molecule has 0 bridgehead atoms. The molecule has 1 aliphatic carbocycles. The van der Waals surface area contributed by atoms with E-state index in [1.54, 1.807) is 0 Å². The average Bonchev–Trinajstić information content (AvgIpc) is 3.25. The van der Waals surface area contributed by atoms with Gasteiger partial charge in [0.15, 0.2) is 0 Å². The van der Waals surface area contributed by atoms with E-state index in [-0.39, 0.29) is 63.0 Å². The van der Waals surface area contributed by atoms with Crippen molar-refractivity contribution in [1.82, 2.24) is 0 Å². The topological polar surface area (TPSA) is 0 Å². The van der Waals surface area contributed by atoms with Gasteiger partial charge in [0.2, 0.25) is 0 Å². The Labute approximate surface area is 221 Å². The second-order valence-electron chi connectivity index (χ2n) is 5.46. The molecule has 0 heterocycles. The van der Waals surface area contributed by atoms with E-state index in [4.69, 9.17) is 0 Å². The minimum atomic E-state index is 0. The first kappa shape index (κ1) is 43.5. The van der Waals surface area contributed by atoms with Crippen LogP contribution in [0.5, 0.6) is 0 Å². The molecule has 0 fully saturated rings. The van der Waals surface area contributed by atoms with E-state index in [1.807, 2.05) is 103 Å². The molecule has 0 saturated heterocycles. The molecule has 3 aromatic rings. The molecule has 0 N–H and O–H groups in total. The molecule has 0 amide bonds. The molecule has 1 heteroatoms. The minimum Gasteiger partial charge on any atom is -0.358 e. The van der Waals surface area contributed by atoms with E-state index in [0.717, 1.165) is 23.1 Å². The Morgan fingerprint density at radius 1 is 0.500 bits per heavy atom. The molecular formula is C31H41Hf-9. The Hall–Kier alpha value is -2.38. The zero-order valence-corrected chi connectivity index (χ0v) is 24.3. The van der Waals surface area contributed by atoms with Crippen LogP contribution >= 0.6 is 0 Å². The largest absolute Gasteiger partial charge is 0.358 e. The number of hydrogen-bond donors (Lipinski definition) is 0. The van der Waals surface area contributed by atoms with Gasteiger partial charge in [0, 0.05) is 25.8 Å². The van der Waals surface area contributed by atoms with Gasteiger partial charge in [-0.05, 0) is 0 Å². The van der Waals surface area contributed by atoms with E-state index in [0.29, 0.717) is 0 Å². The summed E-state index contributed by atoms with van der Waals surface area (Å²) in [7, 11) is 0. The van der Waals surface area contributed by atoms with Gasteiger partial charge in [0.05, 0.1) is 0 Å². The van der Waals surface area contributed by atoms with Crippen LogP contribution in [0, 0.1) is 64.0 Å². The van der Waals surface area contributed by atoms with Crippen LogP contribution in [0.2, 0.25) is 0 Å². The van der Waals surface area contributed by atoms with Crippen molar-refractivity contribution in [1.29, 1.82) is 0 Å². The Morgan fingerprint density at radius 2 is 0.781 bits per heavy atom. The molecule has 0 atom stereocenters. The molecule has 0 aromatic heterocycles. The van der Waals surface area contributed by atoms with E-state index in [2.05, 4.69) is 32.9 Å². The zero-order chi connectivity index (χ0) is 18.9. The number of benzene rings is 3. The number of rotatable bonds is 0. The van der Waals surface area contributed by atoms with Gasteiger partial charge in [-0.15, -0.1) is 42.8 Å². The van der Waals surface area contributed by atoms with Crippen LogP contribution < -0.4 is 0 Å². The quantitative estimate of drug-likeness (QED) is 0.181. The number of hydrogen-bond acceptors (Lipinski definition) is 0. The van der Waals surface area contributed by atoms with Crippen molar-refractivity contribution in [3.63, 3.8) is 0 Å². The van der Waals surface area contributed by atoms with Gasteiger partial charge in [-0.25, -0.2) is 12.2 Å². The molecule has 0 spiro atoms. The summed E-state index contributed by atoms with van der Waals surface area (Å²) < 4.78 is 0. The van der Waals surface area contributed by atoms with Gasteiger partial charge in [-0.2, -0.15) is 79.9 Å². The Balaban J connectivity index is -0.0000000666. The average molecular weight is 592 g/mol. The standard InChI is InChI=1S/3C7H7.C5H5.5CH3.Hf/c3*1-7-5-3-2-4-6-7;1-2-4-5-3-1;;;;;;/h3*2-6H,1H2;1-3H,4H2;5*1H3;/q9*-1;. The summed E-state index contributed by atoms with van der Waals surface area (Å²) in [5.41, 5.74) is 3.22. The minimum absolute atomic E-state index is 0. The van der Waals surface area contributed by atoms with Crippen molar-refractivity contribution in [2.24, 2.45) is 0 Å². The fourth-order valence-electron chi connectivity index (χ4n) is 1.77. The van der Waals surface area contributed by atoms with E-state index < -0.39 is 0 Å². The van der Waals surface area contributed by atoms with Gasteiger partial charge in [-0.1, -0.05) is 18.2 Å². The third-order valence-electron chi connectivity index (χ3n) is 3.11. The van der Waals surface area contributed by atoms with Crippen LogP contribution in [0.3, 0.4) is 0 Å². The van der Waals surface area contributed by atoms with Crippen molar-refractivity contribution in [2.75, 3.05) is 0 Å². The molecule has 0 nitrogen and oxygen atoms in total. The normalized spacial score (nSPS) is 8.38. The third kappa shape index (κ3) is 27.6. The predicted molar refractivity (Wildman–Crippen MR) is 146 cm³/mol. The van der Waals surface area contributed by atoms with Gasteiger partial charge < -0.3 is 37.1 Å². The molecule has 4 rings (SSSR count). The molecule has 0 saturated carbocycles. The van der Waals surface area contributed by atoms with Crippen LogP contribution in [0.1, 0.15) is 23.1 Å². The van der Waals surface area contributed by atoms with Gasteiger partial charge in [-0.3, -0.25) is 6.08 Å². The predicted octanol–water partition coefficient (Wildman–Crippen LogP) is 9.16. The molecule has 32 heavy (non-hydrogen) atoms. The fourth-order valence-corrected chi connectivity index (χ4v) is 1.77.